The Morgan fingerprint density at radius 3 is 2.72 bits per heavy atom. The standard InChI is InChI=1S/C17H28N4O2S.HI/c1-13-6-10-23-14(13)15(22)19-8-5-9-20-16(18-3)21-12-17(2)7-4-11-24-17;/h6,10H,4-5,7-9,11-12H2,1-3H3,(H,19,22)(H2,18,20,21);1H. The van der Waals surface area contributed by atoms with Gasteiger partial charge >= 0.3 is 0 Å². The third-order valence-corrected chi connectivity index (χ3v) is 5.69. The summed E-state index contributed by atoms with van der Waals surface area (Å²) in [4.78, 5) is 16.1. The molecule has 1 fully saturated rings. The lowest BCUT2D eigenvalue weighted by Gasteiger charge is -2.24. The molecule has 1 unspecified atom stereocenters. The molecule has 2 heterocycles. The van der Waals surface area contributed by atoms with E-state index in [2.05, 4.69) is 27.9 Å². The van der Waals surface area contributed by atoms with Crippen molar-refractivity contribution in [3.8, 4) is 0 Å². The van der Waals surface area contributed by atoms with Crippen LogP contribution in [0.15, 0.2) is 21.7 Å². The van der Waals surface area contributed by atoms with E-state index in [9.17, 15) is 4.79 Å². The molecule has 1 aromatic rings. The number of hydrogen-bond acceptors (Lipinski definition) is 4. The minimum absolute atomic E-state index is 0. The Bertz CT molecular complexity index is 571. The lowest BCUT2D eigenvalue weighted by Crippen LogP contribution is -2.44. The van der Waals surface area contributed by atoms with Gasteiger partial charge in [-0.05, 0) is 44.9 Å². The fraction of sp³-hybridized carbons (Fsp3) is 0.647. The van der Waals surface area contributed by atoms with Gasteiger partial charge in [0.1, 0.15) is 0 Å². The second kappa shape index (κ2) is 10.9. The summed E-state index contributed by atoms with van der Waals surface area (Å²) in [6.07, 6.45) is 4.90. The molecule has 0 radical (unpaired) electrons. The fourth-order valence-electron chi connectivity index (χ4n) is 2.65. The van der Waals surface area contributed by atoms with Crippen LogP contribution in [0.25, 0.3) is 0 Å². The Balaban J connectivity index is 0.00000312. The summed E-state index contributed by atoms with van der Waals surface area (Å²) >= 11 is 2.03. The van der Waals surface area contributed by atoms with Crippen LogP contribution in [0, 0.1) is 6.92 Å². The molecule has 1 aliphatic heterocycles. The maximum Gasteiger partial charge on any atom is 0.287 e. The highest BCUT2D eigenvalue weighted by atomic mass is 127. The van der Waals surface area contributed by atoms with Crippen molar-refractivity contribution in [1.82, 2.24) is 16.0 Å². The lowest BCUT2D eigenvalue weighted by molar-refractivity contribution is 0.0925. The highest BCUT2D eigenvalue weighted by molar-refractivity contribution is 14.0. The Kier molecular flexibility index (Phi) is 9.70. The molecule has 0 bridgehead atoms. The van der Waals surface area contributed by atoms with E-state index in [1.807, 2.05) is 18.7 Å². The van der Waals surface area contributed by atoms with Gasteiger partial charge in [-0.2, -0.15) is 11.8 Å². The average Bonchev–Trinajstić information content (AvgIpc) is 3.19. The van der Waals surface area contributed by atoms with E-state index in [-0.39, 0.29) is 29.9 Å². The number of thioether (sulfide) groups is 1. The van der Waals surface area contributed by atoms with Gasteiger partial charge in [-0.15, -0.1) is 24.0 Å². The third kappa shape index (κ3) is 7.08. The highest BCUT2D eigenvalue weighted by Gasteiger charge is 2.29. The predicted octanol–water partition coefficient (Wildman–Crippen LogP) is 2.78. The van der Waals surface area contributed by atoms with Gasteiger partial charge in [0.05, 0.1) is 6.26 Å². The predicted molar refractivity (Wildman–Crippen MR) is 115 cm³/mol. The molecule has 0 spiro atoms. The Morgan fingerprint density at radius 2 is 2.12 bits per heavy atom. The van der Waals surface area contributed by atoms with Gasteiger partial charge in [-0.1, -0.05) is 0 Å². The van der Waals surface area contributed by atoms with Crippen LogP contribution >= 0.6 is 35.7 Å². The Labute approximate surface area is 171 Å². The van der Waals surface area contributed by atoms with Crippen LogP contribution in [0.1, 0.15) is 42.3 Å². The molecule has 8 heteroatoms. The molecule has 0 saturated carbocycles. The summed E-state index contributed by atoms with van der Waals surface area (Å²) in [6.45, 7) is 6.43. The van der Waals surface area contributed by atoms with Gasteiger partial charge in [0.15, 0.2) is 11.7 Å². The van der Waals surface area contributed by atoms with E-state index in [4.69, 9.17) is 4.42 Å². The molecule has 0 aromatic carbocycles. The Hall–Kier alpha value is -0.900. The van der Waals surface area contributed by atoms with Crippen LogP contribution in [0.5, 0.6) is 0 Å². The molecule has 1 aliphatic rings. The third-order valence-electron chi connectivity index (χ3n) is 4.15. The molecule has 3 N–H and O–H groups in total. The van der Waals surface area contributed by atoms with E-state index in [0.717, 1.165) is 31.0 Å². The average molecular weight is 480 g/mol. The largest absolute Gasteiger partial charge is 0.459 e. The van der Waals surface area contributed by atoms with Crippen LogP contribution in [-0.4, -0.2) is 49.0 Å². The molecule has 1 saturated heterocycles. The summed E-state index contributed by atoms with van der Waals surface area (Å²) in [6, 6.07) is 1.79. The molecule has 142 valence electrons. The highest BCUT2D eigenvalue weighted by Crippen LogP contribution is 2.36. The first-order chi connectivity index (χ1) is 11.5. The van der Waals surface area contributed by atoms with Gasteiger partial charge < -0.3 is 20.4 Å². The molecule has 6 nitrogen and oxygen atoms in total. The quantitative estimate of drug-likeness (QED) is 0.242. The second-order valence-corrected chi connectivity index (χ2v) is 7.98. The summed E-state index contributed by atoms with van der Waals surface area (Å²) in [5, 5.41) is 9.55. The van der Waals surface area contributed by atoms with Crippen molar-refractivity contribution in [2.75, 3.05) is 32.4 Å². The zero-order valence-corrected chi connectivity index (χ0v) is 18.3. The summed E-state index contributed by atoms with van der Waals surface area (Å²) in [5.74, 6) is 2.30. The van der Waals surface area contributed by atoms with E-state index in [1.54, 1.807) is 13.1 Å². The Morgan fingerprint density at radius 1 is 1.36 bits per heavy atom. The van der Waals surface area contributed by atoms with Crippen molar-refractivity contribution in [1.29, 1.82) is 0 Å². The number of rotatable bonds is 7. The maximum absolute atomic E-state index is 11.9. The molecule has 1 aromatic heterocycles. The first kappa shape index (κ1) is 22.1. The molecule has 1 atom stereocenters. The number of guanidine groups is 1. The lowest BCUT2D eigenvalue weighted by atomic mass is 10.1. The van der Waals surface area contributed by atoms with Crippen molar-refractivity contribution in [3.05, 3.63) is 23.7 Å². The fourth-order valence-corrected chi connectivity index (χ4v) is 3.89. The first-order valence-corrected chi connectivity index (χ1v) is 9.43. The van der Waals surface area contributed by atoms with Gasteiger partial charge in [0.25, 0.3) is 5.91 Å². The number of carbonyl (C=O) groups excluding carboxylic acids is 1. The van der Waals surface area contributed by atoms with Gasteiger partial charge in [0, 0.05) is 37.0 Å². The summed E-state index contributed by atoms with van der Waals surface area (Å²) in [5.41, 5.74) is 0.855. The van der Waals surface area contributed by atoms with Crippen molar-refractivity contribution < 1.29 is 9.21 Å². The minimum atomic E-state index is -0.161. The van der Waals surface area contributed by atoms with E-state index < -0.39 is 0 Å². The van der Waals surface area contributed by atoms with Crippen LogP contribution in [0.3, 0.4) is 0 Å². The topological polar surface area (TPSA) is 78.7 Å². The second-order valence-electron chi connectivity index (χ2n) is 6.30. The smallest absolute Gasteiger partial charge is 0.287 e. The molecular formula is C17H29IN4O2S. The normalized spacial score (nSPS) is 20.0. The number of aryl methyl sites for hydroxylation is 1. The van der Waals surface area contributed by atoms with Gasteiger partial charge in [0.2, 0.25) is 0 Å². The van der Waals surface area contributed by atoms with Crippen LogP contribution in [-0.2, 0) is 0 Å². The van der Waals surface area contributed by atoms with Crippen LogP contribution in [0.4, 0.5) is 0 Å². The number of nitrogens with zero attached hydrogens (tertiary/aromatic N) is 1. The number of carbonyl (C=O) groups is 1. The zero-order chi connectivity index (χ0) is 17.4. The van der Waals surface area contributed by atoms with E-state index in [1.165, 1.54) is 24.9 Å². The first-order valence-electron chi connectivity index (χ1n) is 8.45. The molecule has 0 aliphatic carbocycles. The van der Waals surface area contributed by atoms with Crippen LogP contribution in [0.2, 0.25) is 0 Å². The van der Waals surface area contributed by atoms with Crippen molar-refractivity contribution in [3.63, 3.8) is 0 Å². The van der Waals surface area contributed by atoms with Crippen molar-refractivity contribution in [2.45, 2.75) is 37.9 Å². The van der Waals surface area contributed by atoms with Crippen molar-refractivity contribution in [2.24, 2.45) is 4.99 Å². The SMILES string of the molecule is CN=C(NCCCNC(=O)c1occc1C)NCC1(C)CCCS1.I. The number of halogens is 1. The number of aliphatic imine (C=N–C) groups is 1. The van der Waals surface area contributed by atoms with Gasteiger partial charge in [-0.3, -0.25) is 9.79 Å². The maximum atomic E-state index is 11.9. The van der Waals surface area contributed by atoms with E-state index in [0.29, 0.717) is 17.1 Å². The van der Waals surface area contributed by atoms with Crippen LogP contribution < -0.4 is 16.0 Å². The number of nitrogens with one attached hydrogen (secondary N) is 3. The summed E-state index contributed by atoms with van der Waals surface area (Å²) < 4.78 is 5.48. The number of amides is 1. The van der Waals surface area contributed by atoms with Gasteiger partial charge in [-0.25, -0.2) is 0 Å². The van der Waals surface area contributed by atoms with Crippen molar-refractivity contribution >= 4 is 47.6 Å². The molecule has 2 rings (SSSR count). The summed E-state index contributed by atoms with van der Waals surface area (Å²) in [7, 11) is 1.78. The molecule has 1 amide bonds. The molecule has 25 heavy (non-hydrogen) atoms. The monoisotopic (exact) mass is 480 g/mol. The van der Waals surface area contributed by atoms with E-state index >= 15 is 0 Å². The molecular weight excluding hydrogens is 451 g/mol. The minimum Gasteiger partial charge on any atom is -0.459 e. The number of furan rings is 1. The number of hydrogen-bond donors (Lipinski definition) is 3. The zero-order valence-electron chi connectivity index (χ0n) is 15.2.